The Morgan fingerprint density at radius 3 is 2.21 bits per heavy atom. The third-order valence-corrected chi connectivity index (χ3v) is 4.41. The molecule has 0 saturated heterocycles. The topological polar surface area (TPSA) is 72.8 Å². The number of carboxylic acids is 1. The van der Waals surface area contributed by atoms with Gasteiger partial charge >= 0.3 is 12.3 Å². The van der Waals surface area contributed by atoms with Crippen molar-refractivity contribution in [2.24, 2.45) is 0 Å². The van der Waals surface area contributed by atoms with Crippen LogP contribution in [-0.2, 0) is 11.2 Å². The smallest absolute Gasteiger partial charge is 0.478 e. The fourth-order valence-corrected chi connectivity index (χ4v) is 2.94. The number of ether oxygens (including phenoxy) is 2. The SMILES string of the molecule is CC(C)(Oc1cc2c(cc1-c1ccc(OC(F)(F)F)cc1)C(=O)CC2)C(=O)O. The van der Waals surface area contributed by atoms with Crippen molar-refractivity contribution in [1.29, 1.82) is 0 Å². The monoisotopic (exact) mass is 394 g/mol. The first kappa shape index (κ1) is 19.7. The van der Waals surface area contributed by atoms with Gasteiger partial charge in [0.15, 0.2) is 11.4 Å². The number of hydrogen-bond donors (Lipinski definition) is 1. The van der Waals surface area contributed by atoms with Gasteiger partial charge in [-0.25, -0.2) is 4.79 Å². The molecule has 0 saturated carbocycles. The Morgan fingerprint density at radius 2 is 1.64 bits per heavy atom. The first-order chi connectivity index (χ1) is 13.0. The van der Waals surface area contributed by atoms with Crippen LogP contribution in [-0.4, -0.2) is 28.8 Å². The van der Waals surface area contributed by atoms with E-state index in [1.807, 2.05) is 0 Å². The van der Waals surface area contributed by atoms with Gasteiger partial charge in [0.25, 0.3) is 0 Å². The fourth-order valence-electron chi connectivity index (χ4n) is 2.94. The number of ketones is 1. The summed E-state index contributed by atoms with van der Waals surface area (Å²) in [7, 11) is 0. The molecule has 2 aromatic rings. The van der Waals surface area contributed by atoms with E-state index >= 15 is 0 Å². The van der Waals surface area contributed by atoms with Gasteiger partial charge in [-0.15, -0.1) is 13.2 Å². The summed E-state index contributed by atoms with van der Waals surface area (Å²) in [5, 5.41) is 9.34. The summed E-state index contributed by atoms with van der Waals surface area (Å²) in [6, 6.07) is 8.29. The number of carbonyl (C=O) groups excluding carboxylic acids is 1. The average molecular weight is 394 g/mol. The van der Waals surface area contributed by atoms with E-state index in [4.69, 9.17) is 4.74 Å². The highest BCUT2D eigenvalue weighted by molar-refractivity contribution is 6.02. The lowest BCUT2D eigenvalue weighted by atomic mass is 9.98. The Hall–Kier alpha value is -3.03. The van der Waals surface area contributed by atoms with E-state index in [0.717, 1.165) is 17.7 Å². The summed E-state index contributed by atoms with van der Waals surface area (Å²) in [5.41, 5.74) is 0.605. The van der Waals surface area contributed by atoms with Crippen LogP contribution in [0, 0.1) is 0 Å². The molecule has 0 unspecified atom stereocenters. The fraction of sp³-hybridized carbons (Fsp3) is 0.300. The lowest BCUT2D eigenvalue weighted by Gasteiger charge is -2.24. The molecular weight excluding hydrogens is 377 g/mol. The van der Waals surface area contributed by atoms with Crippen LogP contribution in [0.3, 0.4) is 0 Å². The number of carbonyl (C=O) groups is 2. The number of Topliss-reactive ketones (excluding diaryl/α,β-unsaturated/α-hetero) is 1. The molecule has 0 aliphatic heterocycles. The zero-order valence-electron chi connectivity index (χ0n) is 15.1. The molecule has 148 valence electrons. The molecule has 0 heterocycles. The van der Waals surface area contributed by atoms with Gasteiger partial charge in [-0.3, -0.25) is 4.79 Å². The standard InChI is InChI=1S/C20H17F3O5/c1-19(2,18(25)26)28-17-9-12-5-8-16(24)14(12)10-15(17)11-3-6-13(7-4-11)27-20(21,22)23/h3-4,6-7,9-10H,5,8H2,1-2H3,(H,25,26). The molecule has 28 heavy (non-hydrogen) atoms. The number of fused-ring (bicyclic) bond motifs is 1. The molecule has 3 rings (SSSR count). The molecular formula is C20H17F3O5. The maximum Gasteiger partial charge on any atom is 0.573 e. The van der Waals surface area contributed by atoms with Gasteiger partial charge in [-0.1, -0.05) is 12.1 Å². The number of benzene rings is 2. The van der Waals surface area contributed by atoms with Crippen LogP contribution in [0.15, 0.2) is 36.4 Å². The molecule has 0 bridgehead atoms. The number of carboxylic acid groups (broad SMARTS) is 1. The zero-order valence-corrected chi connectivity index (χ0v) is 15.1. The third-order valence-electron chi connectivity index (χ3n) is 4.41. The Balaban J connectivity index is 2.04. The Bertz CT molecular complexity index is 930. The molecule has 0 amide bonds. The highest BCUT2D eigenvalue weighted by Gasteiger charge is 2.33. The third kappa shape index (κ3) is 4.11. The molecule has 1 aliphatic carbocycles. The van der Waals surface area contributed by atoms with Gasteiger partial charge in [-0.05, 0) is 55.7 Å². The van der Waals surface area contributed by atoms with E-state index in [0.29, 0.717) is 29.5 Å². The number of aliphatic carboxylic acids is 1. The van der Waals surface area contributed by atoms with Crippen molar-refractivity contribution in [3.05, 3.63) is 47.5 Å². The van der Waals surface area contributed by atoms with E-state index in [9.17, 15) is 27.9 Å². The van der Waals surface area contributed by atoms with E-state index in [-0.39, 0.29) is 17.3 Å². The van der Waals surface area contributed by atoms with Crippen LogP contribution in [0.4, 0.5) is 13.2 Å². The summed E-state index contributed by atoms with van der Waals surface area (Å²) in [6.45, 7) is 2.77. The Morgan fingerprint density at radius 1 is 1.00 bits per heavy atom. The predicted molar refractivity (Wildman–Crippen MR) is 93.6 cm³/mol. The molecule has 5 nitrogen and oxygen atoms in total. The van der Waals surface area contributed by atoms with E-state index < -0.39 is 17.9 Å². The molecule has 8 heteroatoms. The first-order valence-corrected chi connectivity index (χ1v) is 8.45. The Labute approximate surface area is 158 Å². The van der Waals surface area contributed by atoms with Crippen LogP contribution in [0.1, 0.15) is 36.2 Å². The van der Waals surface area contributed by atoms with Crippen molar-refractivity contribution in [2.75, 3.05) is 0 Å². The quantitative estimate of drug-likeness (QED) is 0.801. The summed E-state index contributed by atoms with van der Waals surface area (Å²) in [4.78, 5) is 23.5. The molecule has 0 atom stereocenters. The summed E-state index contributed by atoms with van der Waals surface area (Å²) in [6.07, 6.45) is -3.93. The van der Waals surface area contributed by atoms with Crippen molar-refractivity contribution in [3.8, 4) is 22.6 Å². The Kier molecular flexibility index (Phi) is 4.82. The first-order valence-electron chi connectivity index (χ1n) is 8.45. The average Bonchev–Trinajstić information content (AvgIpc) is 2.93. The van der Waals surface area contributed by atoms with Gasteiger partial charge in [0.1, 0.15) is 11.5 Å². The second kappa shape index (κ2) is 6.85. The van der Waals surface area contributed by atoms with Gasteiger partial charge in [0.2, 0.25) is 0 Å². The minimum absolute atomic E-state index is 0.0441. The molecule has 0 fully saturated rings. The van der Waals surface area contributed by atoms with Crippen molar-refractivity contribution in [3.63, 3.8) is 0 Å². The van der Waals surface area contributed by atoms with Crippen molar-refractivity contribution < 1.29 is 37.3 Å². The summed E-state index contributed by atoms with van der Waals surface area (Å²) < 4.78 is 46.6. The summed E-state index contributed by atoms with van der Waals surface area (Å²) >= 11 is 0. The maximum atomic E-state index is 12.3. The molecule has 1 N–H and O–H groups in total. The normalized spacial score (nSPS) is 14.0. The van der Waals surface area contributed by atoms with E-state index in [1.165, 1.54) is 26.0 Å². The largest absolute Gasteiger partial charge is 0.573 e. The molecule has 0 spiro atoms. The van der Waals surface area contributed by atoms with Crippen LogP contribution >= 0.6 is 0 Å². The minimum atomic E-state index is -4.80. The number of hydrogen-bond acceptors (Lipinski definition) is 4. The molecule has 0 radical (unpaired) electrons. The van der Waals surface area contributed by atoms with Crippen molar-refractivity contribution >= 4 is 11.8 Å². The van der Waals surface area contributed by atoms with E-state index in [1.54, 1.807) is 12.1 Å². The van der Waals surface area contributed by atoms with Gasteiger partial charge in [0.05, 0.1) is 0 Å². The minimum Gasteiger partial charge on any atom is -0.478 e. The van der Waals surface area contributed by atoms with Crippen LogP contribution in [0.2, 0.25) is 0 Å². The lowest BCUT2D eigenvalue weighted by molar-refractivity contribution is -0.274. The predicted octanol–water partition coefficient (Wildman–Crippen LogP) is 4.62. The van der Waals surface area contributed by atoms with Crippen molar-refractivity contribution in [1.82, 2.24) is 0 Å². The maximum absolute atomic E-state index is 12.3. The highest BCUT2D eigenvalue weighted by atomic mass is 19.4. The van der Waals surface area contributed by atoms with Gasteiger partial charge in [0, 0.05) is 17.5 Å². The number of alkyl halides is 3. The summed E-state index contributed by atoms with van der Waals surface area (Å²) in [5.74, 6) is -1.37. The lowest BCUT2D eigenvalue weighted by Crippen LogP contribution is -2.38. The second-order valence-electron chi connectivity index (χ2n) is 6.92. The van der Waals surface area contributed by atoms with Crippen LogP contribution in [0.5, 0.6) is 11.5 Å². The van der Waals surface area contributed by atoms with Gasteiger partial charge in [-0.2, -0.15) is 0 Å². The number of aryl methyl sites for hydroxylation is 1. The molecule has 2 aromatic carbocycles. The van der Waals surface area contributed by atoms with Crippen LogP contribution in [0.25, 0.3) is 11.1 Å². The van der Waals surface area contributed by atoms with Crippen molar-refractivity contribution in [2.45, 2.75) is 38.7 Å². The van der Waals surface area contributed by atoms with Gasteiger partial charge < -0.3 is 14.6 Å². The van der Waals surface area contributed by atoms with Crippen LogP contribution < -0.4 is 9.47 Å². The highest BCUT2D eigenvalue weighted by Crippen LogP contribution is 2.39. The molecule has 1 aliphatic rings. The zero-order chi connectivity index (χ0) is 20.7. The number of halogens is 3. The second-order valence-corrected chi connectivity index (χ2v) is 6.92. The molecule has 0 aromatic heterocycles. The van der Waals surface area contributed by atoms with E-state index in [2.05, 4.69) is 4.74 Å². The number of rotatable bonds is 5.